The zero-order valence-electron chi connectivity index (χ0n) is 25.6. The highest BCUT2D eigenvalue weighted by Crippen LogP contribution is 2.74. The van der Waals surface area contributed by atoms with Gasteiger partial charge in [-0.3, -0.25) is 18.9 Å². The molecule has 35 heteroatoms. The van der Waals surface area contributed by atoms with E-state index in [1.54, 1.807) is 0 Å². The maximum Gasteiger partial charge on any atom is 0.488 e. The molecule has 53 heavy (non-hydrogen) atoms. The molecule has 0 radical (unpaired) electrons. The first-order valence-electron chi connectivity index (χ1n) is 13.7. The molecule has 27 nitrogen and oxygen atoms in total. The molecule has 13 atom stereocenters. The molecule has 4 rings (SSSR count). The van der Waals surface area contributed by atoms with Crippen LogP contribution in [-0.4, -0.2) is 114 Å². The smallest absolute Gasteiger partial charge is 0.387 e. The van der Waals surface area contributed by atoms with E-state index in [9.17, 15) is 68.4 Å². The maximum atomic E-state index is 12.4. The Morgan fingerprint density at radius 3 is 1.66 bits per heavy atom. The summed E-state index contributed by atoms with van der Waals surface area (Å²) in [5.41, 5.74) is 2.63. The monoisotopic (exact) mass is 917 g/mol. The van der Waals surface area contributed by atoms with Crippen LogP contribution in [0.3, 0.4) is 0 Å². The van der Waals surface area contributed by atoms with E-state index in [0.717, 1.165) is 23.0 Å². The average molecular weight is 918 g/mol. The third-order valence-electron chi connectivity index (χ3n) is 6.55. The fourth-order valence-corrected chi connectivity index (χ4v) is 14.7. The summed E-state index contributed by atoms with van der Waals surface area (Å²) < 4.78 is 63.5. The standard InChI is InChI=1S/C18H28N5O22P5S3/c19-9-1-3-22(17(29)20-9)15-13(27)11(25)7(40-15)5-38-48(35,51)43-46(31,32)42-47(33,34)44-50(37,53)45-49(36,52)39-6-8-12(26)14(28)16(41-8)23-4-2-10(24)21-18(23)30/h1-4,7-8,11-16,25-28H,5-6H2,(H,31,32)(H,33,34)(H,35,51)(H,36,52)(H,37,53)(H2,19,20,29)(H,21,24,30)/t7-,8-,11-,12-,13-,14-,15-,16-,48?,49?,50?/m1/s1. The number of aliphatic hydroxyl groups is 4. The summed E-state index contributed by atoms with van der Waals surface area (Å²) in [7, 11) is -12.1. The molecule has 0 saturated carbocycles. The minimum atomic E-state index is -6.08. The molecule has 0 spiro atoms. The van der Waals surface area contributed by atoms with Crippen LogP contribution >= 0.6 is 35.8 Å². The third kappa shape index (κ3) is 12.0. The van der Waals surface area contributed by atoms with Gasteiger partial charge in [-0.05, 0) is 41.5 Å². The number of H-pyrrole nitrogens is 1. The second-order valence-electron chi connectivity index (χ2n) is 10.4. The number of anilines is 1. The molecule has 0 aliphatic carbocycles. The molecule has 300 valence electrons. The molecule has 0 amide bonds. The number of aliphatic hydroxyl groups excluding tert-OH is 4. The van der Waals surface area contributed by atoms with Gasteiger partial charge in [0.05, 0.1) is 13.2 Å². The Labute approximate surface area is 309 Å². The van der Waals surface area contributed by atoms with Crippen molar-refractivity contribution in [2.24, 2.45) is 0 Å². The van der Waals surface area contributed by atoms with Crippen LogP contribution in [0.4, 0.5) is 5.82 Å². The topological polar surface area (TPSA) is 406 Å². The minimum absolute atomic E-state index is 0.162. The summed E-state index contributed by atoms with van der Waals surface area (Å²) in [4.78, 5) is 91.5. The van der Waals surface area contributed by atoms with Crippen LogP contribution in [0.25, 0.3) is 0 Å². The Morgan fingerprint density at radius 2 is 1.17 bits per heavy atom. The number of nitrogen functional groups attached to an aromatic ring is 1. The molecule has 12 N–H and O–H groups in total. The van der Waals surface area contributed by atoms with E-state index in [0.29, 0.717) is 4.57 Å². The van der Waals surface area contributed by atoms with Crippen molar-refractivity contribution in [1.29, 1.82) is 0 Å². The van der Waals surface area contributed by atoms with Crippen LogP contribution in [0, 0.1) is 0 Å². The van der Waals surface area contributed by atoms with Gasteiger partial charge in [0.25, 0.3) is 5.56 Å². The molecular formula is C18H28N5O22P5S3. The summed E-state index contributed by atoms with van der Waals surface area (Å²) in [5, 5.41) is 41.2. The molecule has 5 unspecified atom stereocenters. The van der Waals surface area contributed by atoms with Gasteiger partial charge in [0.1, 0.15) is 42.4 Å². The molecule has 2 aromatic heterocycles. The number of phosphoric acid groups is 2. The number of nitrogens with two attached hydrogens (primary N) is 1. The highest BCUT2D eigenvalue weighted by Gasteiger charge is 2.48. The fourth-order valence-electron chi connectivity index (χ4n) is 4.39. The van der Waals surface area contributed by atoms with E-state index in [1.165, 1.54) is 6.07 Å². The lowest BCUT2D eigenvalue weighted by atomic mass is 10.1. The minimum Gasteiger partial charge on any atom is -0.387 e. The summed E-state index contributed by atoms with van der Waals surface area (Å²) in [5.74, 6) is -0.162. The highest BCUT2D eigenvalue weighted by atomic mass is 32.5. The SMILES string of the molecule is Nc1ccn([C@@H]2O[C@H](COP(O)(=S)OP(=O)(O)OP(=O)(O)OP(O)(=S)OP(O)(=S)OC[C@H]3O[C@@H](n4ccc(=O)[nH]c4=O)[C@H](O)[C@@H]3O)[C@@H](O)[C@H]2O)c(=O)n1. The van der Waals surface area contributed by atoms with Crippen LogP contribution in [0.5, 0.6) is 0 Å². The van der Waals surface area contributed by atoms with E-state index < -0.39 is 115 Å². The summed E-state index contributed by atoms with van der Waals surface area (Å²) in [6.45, 7) is -17.0. The lowest BCUT2D eigenvalue weighted by Gasteiger charge is -2.25. The Balaban J connectivity index is 1.30. The van der Waals surface area contributed by atoms with Crippen LogP contribution in [-0.2, 0) is 80.3 Å². The summed E-state index contributed by atoms with van der Waals surface area (Å²) in [6, 6.07) is 2.09. The average Bonchev–Trinajstić information content (AvgIpc) is 3.42. The van der Waals surface area contributed by atoms with Crippen molar-refractivity contribution in [2.45, 2.75) is 49.1 Å². The lowest BCUT2D eigenvalue weighted by Crippen LogP contribution is -2.37. The number of nitrogens with zero attached hydrogens (tertiary/aromatic N) is 3. The first-order valence-corrected chi connectivity index (χ1v) is 24.4. The predicted octanol–water partition coefficient (Wildman–Crippen LogP) is -3.44. The van der Waals surface area contributed by atoms with Gasteiger partial charge in [0, 0.05) is 18.5 Å². The lowest BCUT2D eigenvalue weighted by molar-refractivity contribution is -0.0526. The van der Waals surface area contributed by atoms with Crippen LogP contribution < -0.4 is 22.7 Å². The van der Waals surface area contributed by atoms with Gasteiger partial charge >= 0.3 is 47.2 Å². The van der Waals surface area contributed by atoms with Gasteiger partial charge < -0.3 is 69.1 Å². The number of aromatic nitrogens is 4. The van der Waals surface area contributed by atoms with E-state index in [4.69, 9.17) is 24.3 Å². The molecule has 2 aliphatic heterocycles. The summed E-state index contributed by atoms with van der Waals surface area (Å²) in [6.07, 6.45) is -11.4. The number of nitrogens with one attached hydrogen (secondary N) is 1. The molecular weight excluding hydrogens is 889 g/mol. The first kappa shape index (κ1) is 44.8. The zero-order chi connectivity index (χ0) is 39.9. The van der Waals surface area contributed by atoms with Gasteiger partial charge in [-0.2, -0.15) is 9.29 Å². The van der Waals surface area contributed by atoms with Gasteiger partial charge in [0.15, 0.2) is 12.5 Å². The molecule has 2 aromatic rings. The second-order valence-corrected chi connectivity index (χ2v) is 22.4. The summed E-state index contributed by atoms with van der Waals surface area (Å²) >= 11 is 13.7. The molecule has 2 aliphatic rings. The van der Waals surface area contributed by atoms with Crippen LogP contribution in [0.2, 0.25) is 0 Å². The number of ether oxygens (including phenoxy) is 2. The third-order valence-corrected chi connectivity index (χ3v) is 17.1. The Bertz CT molecular complexity index is 2100. The second kappa shape index (κ2) is 16.9. The Hall–Kier alpha value is -0.910. The quantitative estimate of drug-likeness (QED) is 0.0730. The normalized spacial score (nSPS) is 31.9. The van der Waals surface area contributed by atoms with Crippen molar-refractivity contribution in [3.63, 3.8) is 0 Å². The molecule has 4 heterocycles. The van der Waals surface area contributed by atoms with Crippen molar-refractivity contribution in [2.75, 3.05) is 18.9 Å². The molecule has 2 fully saturated rings. The van der Waals surface area contributed by atoms with Crippen molar-refractivity contribution in [3.8, 4) is 0 Å². The number of rotatable bonds is 16. The first-order chi connectivity index (χ1) is 24.2. The van der Waals surface area contributed by atoms with E-state index in [1.807, 2.05) is 4.98 Å². The van der Waals surface area contributed by atoms with E-state index in [2.05, 4.69) is 57.6 Å². The van der Waals surface area contributed by atoms with Crippen molar-refractivity contribution < 1.29 is 89.8 Å². The Morgan fingerprint density at radius 1 is 0.717 bits per heavy atom. The number of aromatic amines is 1. The van der Waals surface area contributed by atoms with Gasteiger partial charge in [-0.25, -0.2) is 31.7 Å². The van der Waals surface area contributed by atoms with Crippen molar-refractivity contribution in [3.05, 3.63) is 55.8 Å². The maximum absolute atomic E-state index is 12.4. The Kier molecular flexibility index (Phi) is 14.3. The molecule has 0 bridgehead atoms. The highest BCUT2D eigenvalue weighted by molar-refractivity contribution is 8.15. The van der Waals surface area contributed by atoms with Gasteiger partial charge in [-0.1, -0.05) is 0 Å². The zero-order valence-corrected chi connectivity index (χ0v) is 32.5. The fraction of sp³-hybridized carbons (Fsp3) is 0.556. The van der Waals surface area contributed by atoms with E-state index in [-0.39, 0.29) is 5.82 Å². The van der Waals surface area contributed by atoms with Gasteiger partial charge in [-0.15, -0.1) is 0 Å². The number of hydrogen-bond donors (Lipinski definition) is 11. The van der Waals surface area contributed by atoms with Crippen molar-refractivity contribution >= 4 is 77.0 Å². The van der Waals surface area contributed by atoms with Crippen LogP contribution in [0.15, 0.2) is 38.9 Å². The van der Waals surface area contributed by atoms with Crippen LogP contribution in [0.1, 0.15) is 12.5 Å². The predicted molar refractivity (Wildman–Crippen MR) is 181 cm³/mol. The molecule has 0 aromatic carbocycles. The van der Waals surface area contributed by atoms with Crippen molar-refractivity contribution in [1.82, 2.24) is 19.1 Å². The van der Waals surface area contributed by atoms with Gasteiger partial charge in [0.2, 0.25) is 0 Å². The van der Waals surface area contributed by atoms with E-state index >= 15 is 0 Å². The number of hydrogen-bond acceptors (Lipinski definition) is 22. The largest absolute Gasteiger partial charge is 0.488 e. The molecule has 2 saturated heterocycles.